The fraction of sp³-hybridized carbons (Fsp3) is 0.125. The smallest absolute Gasteiger partial charge is 0.337 e. The number of thiophene rings is 1. The first-order valence-corrected chi connectivity index (χ1v) is 4.52. The second-order valence-corrected chi connectivity index (χ2v) is 3.09. The maximum absolute atomic E-state index is 10.6. The van der Waals surface area contributed by atoms with Crippen molar-refractivity contribution in [3.8, 4) is 11.8 Å². The van der Waals surface area contributed by atoms with Crippen LogP contribution in [0.1, 0.15) is 15.2 Å². The number of hydrogen-bond acceptors (Lipinski definition) is 2. The van der Waals surface area contributed by atoms with E-state index in [9.17, 15) is 4.79 Å². The molecule has 1 aromatic rings. The summed E-state index contributed by atoms with van der Waals surface area (Å²) in [6, 6.07) is 1.53. The highest BCUT2D eigenvalue weighted by atomic mass is 35.5. The zero-order valence-electron chi connectivity index (χ0n) is 6.00. The van der Waals surface area contributed by atoms with Crippen LogP contribution in [0.3, 0.4) is 0 Å². The van der Waals surface area contributed by atoms with Crippen molar-refractivity contribution in [3.05, 3.63) is 21.9 Å². The van der Waals surface area contributed by atoms with Gasteiger partial charge in [0.2, 0.25) is 0 Å². The molecule has 62 valence electrons. The number of carboxylic acids is 1. The van der Waals surface area contributed by atoms with E-state index in [0.29, 0.717) is 4.88 Å². The van der Waals surface area contributed by atoms with Gasteiger partial charge in [-0.25, -0.2) is 4.79 Å². The molecule has 1 aromatic heterocycles. The summed E-state index contributed by atoms with van der Waals surface area (Å²) in [4.78, 5) is 11.1. The van der Waals surface area contributed by atoms with Crippen LogP contribution < -0.4 is 0 Å². The first-order valence-electron chi connectivity index (χ1n) is 3.11. The van der Waals surface area contributed by atoms with Crippen LogP contribution in [0.2, 0.25) is 0 Å². The van der Waals surface area contributed by atoms with Gasteiger partial charge in [-0.2, -0.15) is 0 Å². The van der Waals surface area contributed by atoms with Gasteiger partial charge in [-0.1, -0.05) is 11.8 Å². The molecule has 0 saturated heterocycles. The van der Waals surface area contributed by atoms with Crippen molar-refractivity contribution in [1.29, 1.82) is 0 Å². The van der Waals surface area contributed by atoms with Crippen molar-refractivity contribution in [3.63, 3.8) is 0 Å². The van der Waals surface area contributed by atoms with Crippen LogP contribution in [-0.2, 0) is 0 Å². The Kier molecular flexibility index (Phi) is 3.15. The summed E-state index contributed by atoms with van der Waals surface area (Å²) in [7, 11) is 0. The summed E-state index contributed by atoms with van der Waals surface area (Å²) >= 11 is 6.64. The maximum Gasteiger partial charge on any atom is 0.337 e. The van der Waals surface area contributed by atoms with E-state index < -0.39 is 5.97 Å². The first-order chi connectivity index (χ1) is 5.75. The molecule has 0 fully saturated rings. The zero-order chi connectivity index (χ0) is 8.97. The average Bonchev–Trinajstić information content (AvgIpc) is 2.48. The Labute approximate surface area is 78.8 Å². The van der Waals surface area contributed by atoms with Crippen LogP contribution in [0.5, 0.6) is 0 Å². The summed E-state index contributed by atoms with van der Waals surface area (Å²) in [5.41, 5.74) is 0.248. The summed E-state index contributed by atoms with van der Waals surface area (Å²) in [6.07, 6.45) is 0. The minimum atomic E-state index is -0.949. The van der Waals surface area contributed by atoms with Crippen LogP contribution in [0.25, 0.3) is 0 Å². The predicted molar refractivity (Wildman–Crippen MR) is 48.9 cm³/mol. The van der Waals surface area contributed by atoms with E-state index in [4.69, 9.17) is 16.7 Å². The van der Waals surface area contributed by atoms with Gasteiger partial charge in [0.1, 0.15) is 0 Å². The molecule has 0 aromatic carbocycles. The largest absolute Gasteiger partial charge is 0.478 e. The molecule has 0 aliphatic heterocycles. The molecule has 1 N–H and O–H groups in total. The highest BCUT2D eigenvalue weighted by Gasteiger charge is 2.08. The van der Waals surface area contributed by atoms with E-state index in [1.165, 1.54) is 17.4 Å². The molecule has 1 rings (SSSR count). The molecule has 2 nitrogen and oxygen atoms in total. The van der Waals surface area contributed by atoms with Crippen molar-refractivity contribution in [1.82, 2.24) is 0 Å². The molecular formula is C8H5ClO2S. The minimum absolute atomic E-state index is 0.219. The number of halogens is 1. The fourth-order valence-corrected chi connectivity index (χ4v) is 1.51. The second-order valence-electron chi connectivity index (χ2n) is 1.90. The SMILES string of the molecule is O=C(O)c1ccsc1C#CCCl. The summed E-state index contributed by atoms with van der Waals surface area (Å²) in [5, 5.41) is 10.4. The predicted octanol–water partition coefficient (Wildman–Crippen LogP) is 2.04. The lowest BCUT2D eigenvalue weighted by atomic mass is 10.2. The Hall–Kier alpha value is -0.980. The Balaban J connectivity index is 2.99. The third kappa shape index (κ3) is 2.00. The summed E-state index contributed by atoms with van der Waals surface area (Å²) in [5.74, 6) is 4.56. The molecule has 0 spiro atoms. The highest BCUT2D eigenvalue weighted by molar-refractivity contribution is 7.10. The zero-order valence-corrected chi connectivity index (χ0v) is 7.58. The minimum Gasteiger partial charge on any atom is -0.478 e. The second kappa shape index (κ2) is 4.15. The standard InChI is InChI=1S/C8H5ClO2S/c9-4-1-2-7-6(8(10)11)3-5-12-7/h3,5H,4H2,(H,10,11). The summed E-state index contributed by atoms with van der Waals surface area (Å²) in [6.45, 7) is 0. The lowest BCUT2D eigenvalue weighted by Gasteiger charge is -1.87. The quantitative estimate of drug-likeness (QED) is 0.557. The molecule has 0 aliphatic carbocycles. The normalized spacial score (nSPS) is 8.75. The molecule has 0 atom stereocenters. The number of hydrogen-bond donors (Lipinski definition) is 1. The van der Waals surface area contributed by atoms with Gasteiger partial charge in [-0.15, -0.1) is 22.9 Å². The molecule has 0 saturated carbocycles. The maximum atomic E-state index is 10.6. The fourth-order valence-electron chi connectivity index (χ4n) is 0.688. The van der Waals surface area contributed by atoms with Gasteiger partial charge in [0, 0.05) is 0 Å². The van der Waals surface area contributed by atoms with Crippen LogP contribution in [-0.4, -0.2) is 17.0 Å². The first kappa shape index (κ1) is 9.11. The average molecular weight is 201 g/mol. The Morgan fingerprint density at radius 2 is 2.50 bits per heavy atom. The lowest BCUT2D eigenvalue weighted by Crippen LogP contribution is -1.95. The Morgan fingerprint density at radius 3 is 3.08 bits per heavy atom. The van der Waals surface area contributed by atoms with Crippen LogP contribution in [0.4, 0.5) is 0 Å². The summed E-state index contributed by atoms with van der Waals surface area (Å²) < 4.78 is 0. The van der Waals surface area contributed by atoms with Gasteiger partial charge in [0.25, 0.3) is 0 Å². The monoisotopic (exact) mass is 200 g/mol. The number of rotatable bonds is 1. The van der Waals surface area contributed by atoms with Crippen molar-refractivity contribution < 1.29 is 9.90 Å². The van der Waals surface area contributed by atoms with Crippen molar-refractivity contribution in [2.75, 3.05) is 5.88 Å². The van der Waals surface area contributed by atoms with E-state index in [1.54, 1.807) is 5.38 Å². The topological polar surface area (TPSA) is 37.3 Å². The van der Waals surface area contributed by atoms with E-state index in [-0.39, 0.29) is 11.4 Å². The molecule has 0 aliphatic rings. The van der Waals surface area contributed by atoms with Gasteiger partial charge >= 0.3 is 5.97 Å². The van der Waals surface area contributed by atoms with E-state index in [0.717, 1.165) is 0 Å². The number of carbonyl (C=O) groups is 1. The van der Waals surface area contributed by atoms with Gasteiger partial charge in [-0.05, 0) is 11.4 Å². The number of carboxylic acid groups (broad SMARTS) is 1. The van der Waals surface area contributed by atoms with Crippen molar-refractivity contribution in [2.24, 2.45) is 0 Å². The Bertz CT molecular complexity index is 345. The van der Waals surface area contributed by atoms with E-state index in [2.05, 4.69) is 11.8 Å². The molecule has 0 unspecified atom stereocenters. The van der Waals surface area contributed by atoms with Gasteiger partial charge in [0.05, 0.1) is 16.3 Å². The molecule has 4 heteroatoms. The van der Waals surface area contributed by atoms with Crippen LogP contribution in [0.15, 0.2) is 11.4 Å². The number of alkyl halides is 1. The Morgan fingerprint density at radius 1 is 1.75 bits per heavy atom. The highest BCUT2D eigenvalue weighted by Crippen LogP contribution is 2.14. The molecular weight excluding hydrogens is 196 g/mol. The van der Waals surface area contributed by atoms with E-state index >= 15 is 0 Å². The number of aromatic carboxylic acids is 1. The van der Waals surface area contributed by atoms with E-state index in [1.807, 2.05) is 0 Å². The van der Waals surface area contributed by atoms with Crippen molar-refractivity contribution in [2.45, 2.75) is 0 Å². The van der Waals surface area contributed by atoms with Crippen LogP contribution >= 0.6 is 22.9 Å². The molecule has 1 heterocycles. The lowest BCUT2D eigenvalue weighted by molar-refractivity contribution is 0.0697. The van der Waals surface area contributed by atoms with Crippen molar-refractivity contribution >= 4 is 28.9 Å². The molecule has 0 radical (unpaired) electrons. The van der Waals surface area contributed by atoms with Gasteiger partial charge < -0.3 is 5.11 Å². The third-order valence-corrected chi connectivity index (χ3v) is 2.13. The molecule has 0 amide bonds. The van der Waals surface area contributed by atoms with Gasteiger partial charge in [-0.3, -0.25) is 0 Å². The van der Waals surface area contributed by atoms with Gasteiger partial charge in [0.15, 0.2) is 0 Å². The molecule has 0 bridgehead atoms. The third-order valence-electron chi connectivity index (χ3n) is 1.16. The molecule has 12 heavy (non-hydrogen) atoms. The van der Waals surface area contributed by atoms with Crippen LogP contribution in [0, 0.1) is 11.8 Å².